The standard InChI is InChI=1S/C10H13F2N/c11-6-3-7-13-8-9-4-1-2-5-10(9)12/h1-2,4-5,13H,3,6-8H2. The molecule has 72 valence electrons. The first kappa shape index (κ1) is 10.1. The summed E-state index contributed by atoms with van der Waals surface area (Å²) in [5.41, 5.74) is 0.626. The van der Waals surface area contributed by atoms with E-state index in [0.717, 1.165) is 0 Å². The van der Waals surface area contributed by atoms with Crippen molar-refractivity contribution in [1.82, 2.24) is 5.32 Å². The molecule has 0 radical (unpaired) electrons. The zero-order valence-electron chi connectivity index (χ0n) is 7.39. The van der Waals surface area contributed by atoms with Crippen LogP contribution >= 0.6 is 0 Å². The average molecular weight is 185 g/mol. The molecule has 1 N–H and O–H groups in total. The first-order chi connectivity index (χ1) is 6.34. The van der Waals surface area contributed by atoms with Crippen LogP contribution in [0.3, 0.4) is 0 Å². The van der Waals surface area contributed by atoms with Gasteiger partial charge in [-0.05, 0) is 19.0 Å². The Morgan fingerprint density at radius 2 is 2.00 bits per heavy atom. The van der Waals surface area contributed by atoms with Gasteiger partial charge >= 0.3 is 0 Å². The highest BCUT2D eigenvalue weighted by atomic mass is 19.1. The Balaban J connectivity index is 2.32. The molecule has 3 heteroatoms. The lowest BCUT2D eigenvalue weighted by Crippen LogP contribution is -2.15. The molecule has 0 saturated heterocycles. The van der Waals surface area contributed by atoms with Gasteiger partial charge in [0, 0.05) is 12.1 Å². The topological polar surface area (TPSA) is 12.0 Å². The van der Waals surface area contributed by atoms with E-state index in [-0.39, 0.29) is 12.5 Å². The van der Waals surface area contributed by atoms with E-state index in [1.807, 2.05) is 0 Å². The summed E-state index contributed by atoms with van der Waals surface area (Å²) in [6.07, 6.45) is 0.481. The smallest absolute Gasteiger partial charge is 0.127 e. The molecular formula is C10H13F2N. The maximum atomic E-state index is 13.0. The molecular weight excluding hydrogens is 172 g/mol. The molecule has 0 amide bonds. The Kier molecular flexibility index (Phi) is 4.40. The lowest BCUT2D eigenvalue weighted by Gasteiger charge is -2.03. The van der Waals surface area contributed by atoms with Gasteiger partial charge in [0.05, 0.1) is 6.67 Å². The summed E-state index contributed by atoms with van der Waals surface area (Å²) in [5, 5.41) is 2.96. The van der Waals surface area contributed by atoms with Crippen molar-refractivity contribution in [1.29, 1.82) is 0 Å². The molecule has 0 fully saturated rings. The van der Waals surface area contributed by atoms with Crippen LogP contribution in [0, 0.1) is 5.82 Å². The van der Waals surface area contributed by atoms with Crippen molar-refractivity contribution >= 4 is 0 Å². The number of rotatable bonds is 5. The van der Waals surface area contributed by atoms with Crippen molar-refractivity contribution in [2.75, 3.05) is 13.2 Å². The minimum atomic E-state index is -0.329. The van der Waals surface area contributed by atoms with Crippen LogP contribution in [0.1, 0.15) is 12.0 Å². The molecule has 13 heavy (non-hydrogen) atoms. The van der Waals surface area contributed by atoms with Crippen LogP contribution in [0.25, 0.3) is 0 Å². The Morgan fingerprint density at radius 1 is 1.23 bits per heavy atom. The third-order valence-electron chi connectivity index (χ3n) is 1.76. The third-order valence-corrected chi connectivity index (χ3v) is 1.76. The molecule has 1 rings (SSSR count). The lowest BCUT2D eigenvalue weighted by atomic mass is 10.2. The first-order valence-corrected chi connectivity index (χ1v) is 4.34. The van der Waals surface area contributed by atoms with Crippen LogP contribution in [0.15, 0.2) is 24.3 Å². The quantitative estimate of drug-likeness (QED) is 0.694. The van der Waals surface area contributed by atoms with Gasteiger partial charge in [0.15, 0.2) is 0 Å². The largest absolute Gasteiger partial charge is 0.312 e. The Hall–Kier alpha value is -0.960. The number of halogens is 2. The SMILES string of the molecule is FCCCNCc1ccccc1F. The molecule has 0 aliphatic carbocycles. The molecule has 1 aromatic carbocycles. The second-order valence-corrected chi connectivity index (χ2v) is 2.81. The molecule has 0 aliphatic heterocycles. The molecule has 0 aliphatic rings. The molecule has 0 spiro atoms. The highest BCUT2D eigenvalue weighted by Crippen LogP contribution is 2.05. The third kappa shape index (κ3) is 3.51. The van der Waals surface area contributed by atoms with Gasteiger partial charge in [-0.3, -0.25) is 4.39 Å². The highest BCUT2D eigenvalue weighted by Gasteiger charge is 1.98. The van der Waals surface area contributed by atoms with Crippen LogP contribution in [0.5, 0.6) is 0 Å². The summed E-state index contributed by atoms with van der Waals surface area (Å²) in [6, 6.07) is 6.58. The molecule has 0 heterocycles. The number of alkyl halides is 1. The fourth-order valence-electron chi connectivity index (χ4n) is 1.06. The first-order valence-electron chi connectivity index (χ1n) is 4.34. The minimum Gasteiger partial charge on any atom is -0.312 e. The number of hydrogen-bond acceptors (Lipinski definition) is 1. The maximum Gasteiger partial charge on any atom is 0.127 e. The van der Waals surface area contributed by atoms with E-state index in [4.69, 9.17) is 0 Å². The van der Waals surface area contributed by atoms with Crippen LogP contribution in [0.2, 0.25) is 0 Å². The van der Waals surface area contributed by atoms with Crippen LogP contribution in [0.4, 0.5) is 8.78 Å². The monoisotopic (exact) mass is 185 g/mol. The van der Waals surface area contributed by atoms with Gasteiger partial charge in [-0.15, -0.1) is 0 Å². The predicted octanol–water partition coefficient (Wildman–Crippen LogP) is 2.27. The van der Waals surface area contributed by atoms with Crippen molar-refractivity contribution in [2.45, 2.75) is 13.0 Å². The van der Waals surface area contributed by atoms with Crippen molar-refractivity contribution < 1.29 is 8.78 Å². The summed E-state index contributed by atoms with van der Waals surface area (Å²) in [7, 11) is 0. The van der Waals surface area contributed by atoms with E-state index < -0.39 is 0 Å². The number of benzene rings is 1. The summed E-state index contributed by atoms with van der Waals surface area (Å²) >= 11 is 0. The van der Waals surface area contributed by atoms with Crippen LogP contribution in [-0.2, 0) is 6.54 Å². The molecule has 1 nitrogen and oxygen atoms in total. The molecule has 0 saturated carbocycles. The maximum absolute atomic E-state index is 13.0. The Bertz CT molecular complexity index is 250. The average Bonchev–Trinajstić information content (AvgIpc) is 2.15. The molecule has 0 bridgehead atoms. The van der Waals surface area contributed by atoms with Gasteiger partial charge in [0.1, 0.15) is 5.82 Å². The van der Waals surface area contributed by atoms with E-state index in [0.29, 0.717) is 25.1 Å². The summed E-state index contributed by atoms with van der Waals surface area (Å²) in [6.45, 7) is 0.724. The second kappa shape index (κ2) is 5.65. The van der Waals surface area contributed by atoms with E-state index in [1.165, 1.54) is 6.07 Å². The fourth-order valence-corrected chi connectivity index (χ4v) is 1.06. The number of nitrogens with one attached hydrogen (secondary N) is 1. The zero-order chi connectivity index (χ0) is 9.52. The summed E-state index contributed by atoms with van der Waals surface area (Å²) in [5.74, 6) is -0.213. The minimum absolute atomic E-state index is 0.213. The normalized spacial score (nSPS) is 10.3. The van der Waals surface area contributed by atoms with E-state index in [2.05, 4.69) is 5.32 Å². The van der Waals surface area contributed by atoms with Crippen molar-refractivity contribution in [2.24, 2.45) is 0 Å². The van der Waals surface area contributed by atoms with Crippen molar-refractivity contribution in [3.05, 3.63) is 35.6 Å². The highest BCUT2D eigenvalue weighted by molar-refractivity contribution is 5.16. The van der Waals surface area contributed by atoms with Crippen LogP contribution < -0.4 is 5.32 Å². The Labute approximate surface area is 76.8 Å². The van der Waals surface area contributed by atoms with Gasteiger partial charge in [-0.1, -0.05) is 18.2 Å². The molecule has 0 aromatic heterocycles. The molecule has 0 unspecified atom stereocenters. The van der Waals surface area contributed by atoms with Gasteiger partial charge in [0.2, 0.25) is 0 Å². The van der Waals surface area contributed by atoms with E-state index in [1.54, 1.807) is 18.2 Å². The second-order valence-electron chi connectivity index (χ2n) is 2.81. The van der Waals surface area contributed by atoms with Crippen molar-refractivity contribution in [3.8, 4) is 0 Å². The number of hydrogen-bond donors (Lipinski definition) is 1. The van der Waals surface area contributed by atoms with Gasteiger partial charge in [-0.25, -0.2) is 4.39 Å². The molecule has 0 atom stereocenters. The van der Waals surface area contributed by atoms with E-state index in [9.17, 15) is 8.78 Å². The van der Waals surface area contributed by atoms with Gasteiger partial charge < -0.3 is 5.32 Å². The van der Waals surface area contributed by atoms with Crippen LogP contribution in [-0.4, -0.2) is 13.2 Å². The summed E-state index contributed by atoms with van der Waals surface area (Å²) in [4.78, 5) is 0. The Morgan fingerprint density at radius 3 is 2.69 bits per heavy atom. The van der Waals surface area contributed by atoms with Gasteiger partial charge in [-0.2, -0.15) is 0 Å². The lowest BCUT2D eigenvalue weighted by molar-refractivity contribution is 0.457. The van der Waals surface area contributed by atoms with Crippen molar-refractivity contribution in [3.63, 3.8) is 0 Å². The summed E-state index contributed by atoms with van der Waals surface area (Å²) < 4.78 is 24.7. The zero-order valence-corrected chi connectivity index (χ0v) is 7.39. The van der Waals surface area contributed by atoms with E-state index >= 15 is 0 Å². The molecule has 1 aromatic rings. The predicted molar refractivity (Wildman–Crippen MR) is 48.7 cm³/mol. The fraction of sp³-hybridized carbons (Fsp3) is 0.400. The van der Waals surface area contributed by atoms with Gasteiger partial charge in [0.25, 0.3) is 0 Å².